The molecule has 134 valence electrons. The van der Waals surface area contributed by atoms with E-state index in [1.807, 2.05) is 25.9 Å². The Kier molecular flexibility index (Phi) is 6.24. The second-order valence-electron chi connectivity index (χ2n) is 5.73. The molecule has 1 heterocycles. The van der Waals surface area contributed by atoms with Gasteiger partial charge in [0.15, 0.2) is 5.92 Å². The van der Waals surface area contributed by atoms with Crippen LogP contribution in [0.5, 0.6) is 5.75 Å². The van der Waals surface area contributed by atoms with Gasteiger partial charge in [0, 0.05) is 12.8 Å². The van der Waals surface area contributed by atoms with Crippen LogP contribution in [0.3, 0.4) is 0 Å². The van der Waals surface area contributed by atoms with Crippen molar-refractivity contribution in [3.05, 3.63) is 24.3 Å². The Morgan fingerprint density at radius 1 is 1.24 bits per heavy atom. The second kappa shape index (κ2) is 8.39. The normalized spacial score (nSPS) is 18.2. The Hall–Kier alpha value is -2.74. The summed E-state index contributed by atoms with van der Waals surface area (Å²) in [5, 5.41) is 2.19. The van der Waals surface area contributed by atoms with Crippen LogP contribution in [0.2, 0.25) is 0 Å². The van der Waals surface area contributed by atoms with Crippen molar-refractivity contribution in [1.29, 1.82) is 0 Å². The minimum atomic E-state index is -1.12. The summed E-state index contributed by atoms with van der Waals surface area (Å²) in [5.41, 5.74) is 0.366. The van der Waals surface area contributed by atoms with E-state index in [2.05, 4.69) is 10.3 Å². The highest BCUT2D eigenvalue weighted by Crippen LogP contribution is 2.23. The number of imide groups is 2. The van der Waals surface area contributed by atoms with Gasteiger partial charge < -0.3 is 9.64 Å². The smallest absolute Gasteiger partial charge is 0.335 e. The number of carbonyl (C=O) groups is 3. The number of amides is 4. The highest BCUT2D eigenvalue weighted by Gasteiger charge is 2.40. The van der Waals surface area contributed by atoms with E-state index < -0.39 is 23.8 Å². The third kappa shape index (κ3) is 4.63. The molecule has 0 radical (unpaired) electrons. The number of anilines is 1. The first kappa shape index (κ1) is 18.6. The number of hydrogen-bond donors (Lipinski definition) is 1. The molecule has 1 saturated heterocycles. The lowest BCUT2D eigenvalue weighted by Gasteiger charge is -2.28. The van der Waals surface area contributed by atoms with Gasteiger partial charge in [-0.1, -0.05) is 0 Å². The summed E-state index contributed by atoms with van der Waals surface area (Å²) in [5.74, 6) is -1.77. The van der Waals surface area contributed by atoms with Crippen molar-refractivity contribution in [1.82, 2.24) is 10.2 Å². The standard InChI is InChI=1S/C17H22N4O4/c1-4-25-13-7-5-12(6-8-13)21-16(23)14(15(22)19-17(21)24)11-18-9-10-20(2)3/h5-8,11,14H,4,9-10H2,1-3H3,(H,19,22,24)/t14-/m0/s1. The third-order valence-electron chi connectivity index (χ3n) is 3.54. The van der Waals surface area contributed by atoms with Crippen molar-refractivity contribution in [3.63, 3.8) is 0 Å². The van der Waals surface area contributed by atoms with E-state index in [0.717, 1.165) is 4.90 Å². The third-order valence-corrected chi connectivity index (χ3v) is 3.54. The molecule has 1 aliphatic heterocycles. The maximum atomic E-state index is 12.6. The van der Waals surface area contributed by atoms with Gasteiger partial charge in [0.2, 0.25) is 5.91 Å². The zero-order chi connectivity index (χ0) is 18.4. The van der Waals surface area contributed by atoms with E-state index in [1.54, 1.807) is 24.3 Å². The Labute approximate surface area is 146 Å². The fourth-order valence-corrected chi connectivity index (χ4v) is 2.26. The number of barbiturate groups is 1. The Morgan fingerprint density at radius 2 is 1.92 bits per heavy atom. The Morgan fingerprint density at radius 3 is 2.52 bits per heavy atom. The molecule has 4 amide bonds. The number of carbonyl (C=O) groups excluding carboxylic acids is 3. The van der Waals surface area contributed by atoms with Gasteiger partial charge in [-0.05, 0) is 45.3 Å². The molecule has 8 heteroatoms. The monoisotopic (exact) mass is 346 g/mol. The average molecular weight is 346 g/mol. The van der Waals surface area contributed by atoms with E-state index in [4.69, 9.17) is 4.74 Å². The molecule has 0 aromatic heterocycles. The highest BCUT2D eigenvalue weighted by atomic mass is 16.5. The maximum Gasteiger partial charge on any atom is 0.335 e. The van der Waals surface area contributed by atoms with Crippen LogP contribution in [0.25, 0.3) is 0 Å². The van der Waals surface area contributed by atoms with E-state index >= 15 is 0 Å². The number of nitrogens with one attached hydrogen (secondary N) is 1. The molecule has 1 N–H and O–H groups in total. The summed E-state index contributed by atoms with van der Waals surface area (Å²) < 4.78 is 5.34. The maximum absolute atomic E-state index is 12.6. The van der Waals surface area contributed by atoms with Crippen molar-refractivity contribution in [3.8, 4) is 5.75 Å². The number of hydrogen-bond acceptors (Lipinski definition) is 6. The van der Waals surface area contributed by atoms with Crippen LogP contribution in [0.1, 0.15) is 6.92 Å². The highest BCUT2D eigenvalue weighted by molar-refractivity contribution is 6.32. The van der Waals surface area contributed by atoms with Crippen molar-refractivity contribution >= 4 is 29.7 Å². The van der Waals surface area contributed by atoms with Gasteiger partial charge in [0.1, 0.15) is 5.75 Å². The summed E-state index contributed by atoms with van der Waals surface area (Å²) in [7, 11) is 3.81. The fourth-order valence-electron chi connectivity index (χ4n) is 2.26. The first-order valence-electron chi connectivity index (χ1n) is 8.00. The van der Waals surface area contributed by atoms with Crippen molar-refractivity contribution in [2.45, 2.75) is 6.92 Å². The van der Waals surface area contributed by atoms with Gasteiger partial charge in [-0.15, -0.1) is 0 Å². The molecule has 1 aliphatic rings. The van der Waals surface area contributed by atoms with Gasteiger partial charge in [-0.2, -0.15) is 0 Å². The van der Waals surface area contributed by atoms with Crippen LogP contribution in [-0.2, 0) is 9.59 Å². The van der Waals surface area contributed by atoms with Crippen LogP contribution < -0.4 is 15.0 Å². The molecule has 8 nitrogen and oxygen atoms in total. The van der Waals surface area contributed by atoms with Crippen LogP contribution in [0.4, 0.5) is 10.5 Å². The van der Waals surface area contributed by atoms with Gasteiger partial charge >= 0.3 is 6.03 Å². The van der Waals surface area contributed by atoms with Crippen LogP contribution in [-0.4, -0.2) is 62.8 Å². The topological polar surface area (TPSA) is 91.3 Å². The van der Waals surface area contributed by atoms with E-state index in [9.17, 15) is 14.4 Å². The van der Waals surface area contributed by atoms with Crippen molar-refractivity contribution < 1.29 is 19.1 Å². The molecule has 1 aromatic carbocycles. The minimum Gasteiger partial charge on any atom is -0.494 e. The molecule has 0 bridgehead atoms. The quantitative estimate of drug-likeness (QED) is 0.585. The molecular weight excluding hydrogens is 324 g/mol. The molecule has 0 saturated carbocycles. The molecule has 0 unspecified atom stereocenters. The molecule has 1 fully saturated rings. The lowest BCUT2D eigenvalue weighted by atomic mass is 10.1. The van der Waals surface area contributed by atoms with Gasteiger partial charge in [-0.3, -0.25) is 19.9 Å². The number of urea groups is 1. The minimum absolute atomic E-state index is 0.366. The molecule has 0 aliphatic carbocycles. The SMILES string of the molecule is CCOc1ccc(N2C(=O)NC(=O)[C@H](C=NCCN(C)C)C2=O)cc1. The van der Waals surface area contributed by atoms with Crippen LogP contribution in [0, 0.1) is 5.92 Å². The Bertz CT molecular complexity index is 670. The average Bonchev–Trinajstić information content (AvgIpc) is 2.55. The lowest BCUT2D eigenvalue weighted by Crippen LogP contribution is -2.58. The van der Waals surface area contributed by atoms with E-state index in [1.165, 1.54) is 6.21 Å². The van der Waals surface area contributed by atoms with Gasteiger partial charge in [-0.25, -0.2) is 9.69 Å². The van der Waals surface area contributed by atoms with Crippen molar-refractivity contribution in [2.75, 3.05) is 38.7 Å². The number of benzene rings is 1. The molecule has 1 atom stereocenters. The van der Waals surface area contributed by atoms with Gasteiger partial charge in [0.05, 0.1) is 18.8 Å². The summed E-state index contributed by atoms with van der Waals surface area (Å²) in [6.45, 7) is 3.53. The molecule has 25 heavy (non-hydrogen) atoms. The van der Waals surface area contributed by atoms with Crippen molar-refractivity contribution in [2.24, 2.45) is 10.9 Å². The summed E-state index contributed by atoms with van der Waals surface area (Å²) in [6, 6.07) is 5.75. The number of nitrogens with zero attached hydrogens (tertiary/aromatic N) is 3. The fraction of sp³-hybridized carbons (Fsp3) is 0.412. The first-order valence-corrected chi connectivity index (χ1v) is 8.00. The summed E-state index contributed by atoms with van der Waals surface area (Å²) in [4.78, 5) is 43.6. The van der Waals surface area contributed by atoms with Crippen LogP contribution in [0.15, 0.2) is 29.3 Å². The first-order chi connectivity index (χ1) is 11.9. The molecule has 1 aromatic rings. The zero-order valence-corrected chi connectivity index (χ0v) is 14.6. The van der Waals surface area contributed by atoms with Crippen LogP contribution >= 0.6 is 0 Å². The number of aliphatic imine (C=N–C) groups is 1. The van der Waals surface area contributed by atoms with E-state index in [-0.39, 0.29) is 0 Å². The molecule has 2 rings (SSSR count). The predicted octanol–water partition coefficient (Wildman–Crippen LogP) is 0.917. The summed E-state index contributed by atoms with van der Waals surface area (Å²) >= 11 is 0. The zero-order valence-electron chi connectivity index (χ0n) is 14.6. The Balaban J connectivity index is 2.16. The number of ether oxygens (including phenoxy) is 1. The predicted molar refractivity (Wildman–Crippen MR) is 94.0 cm³/mol. The summed E-state index contributed by atoms with van der Waals surface area (Å²) in [6.07, 6.45) is 1.30. The van der Waals surface area contributed by atoms with Gasteiger partial charge in [0.25, 0.3) is 5.91 Å². The van der Waals surface area contributed by atoms with E-state index in [0.29, 0.717) is 31.1 Å². The lowest BCUT2D eigenvalue weighted by molar-refractivity contribution is -0.131. The second-order valence-corrected chi connectivity index (χ2v) is 5.73. The molecule has 0 spiro atoms. The number of rotatable bonds is 7. The molecular formula is C17H22N4O4. The largest absolute Gasteiger partial charge is 0.494 e. The number of likely N-dealkylation sites (N-methyl/N-ethyl adjacent to an activating group) is 1.